The fourth-order valence-corrected chi connectivity index (χ4v) is 1.41. The van der Waals surface area contributed by atoms with Crippen molar-refractivity contribution in [1.29, 1.82) is 0 Å². The molecule has 1 aromatic heterocycles. The summed E-state index contributed by atoms with van der Waals surface area (Å²) < 4.78 is 1.47. The molecule has 4 nitrogen and oxygen atoms in total. The first kappa shape index (κ1) is 7.30. The third-order valence-electron chi connectivity index (χ3n) is 1.26. The van der Waals surface area contributed by atoms with Gasteiger partial charge in [0.2, 0.25) is 0 Å². The van der Waals surface area contributed by atoms with Gasteiger partial charge >= 0.3 is 0 Å². The molecule has 0 atom stereocenters. The van der Waals surface area contributed by atoms with Crippen LogP contribution >= 0.6 is 11.9 Å². The Kier molecular flexibility index (Phi) is 2.04. The molecule has 0 aliphatic heterocycles. The van der Waals surface area contributed by atoms with Crippen molar-refractivity contribution >= 4 is 11.9 Å². The van der Waals surface area contributed by atoms with Gasteiger partial charge in [0, 0.05) is 16.8 Å². The molecule has 12 heavy (non-hydrogen) atoms. The highest BCUT2D eigenvalue weighted by molar-refractivity contribution is 7.97. The van der Waals surface area contributed by atoms with Crippen LogP contribution < -0.4 is 0 Å². The Morgan fingerprint density at radius 1 is 1.17 bits per heavy atom. The van der Waals surface area contributed by atoms with E-state index >= 15 is 0 Å². The predicted molar refractivity (Wildman–Crippen MR) is 45.5 cm³/mol. The smallest absolute Gasteiger partial charge is 0.128 e. The van der Waals surface area contributed by atoms with Crippen molar-refractivity contribution in [2.24, 2.45) is 0 Å². The van der Waals surface area contributed by atoms with Crippen molar-refractivity contribution in [3.63, 3.8) is 0 Å². The summed E-state index contributed by atoms with van der Waals surface area (Å²) in [6.07, 6.45) is 1.41. The maximum Gasteiger partial charge on any atom is 0.163 e. The second kappa shape index (κ2) is 3.36. The summed E-state index contributed by atoms with van der Waals surface area (Å²) in [6, 6.07) is 9.90. The fraction of sp³-hybridized carbons (Fsp3) is 0. The zero-order chi connectivity index (χ0) is 8.23. The van der Waals surface area contributed by atoms with E-state index in [0.29, 0.717) is 0 Å². The van der Waals surface area contributed by atoms with Crippen LogP contribution in [0.25, 0.3) is 0 Å². The second-order valence-electron chi connectivity index (χ2n) is 2.09. The molecule has 5 heteroatoms. The molecular formula is C7H6N4S. The lowest BCUT2D eigenvalue weighted by Crippen LogP contribution is -1.90. The largest absolute Gasteiger partial charge is 0.163 e. The standard InChI is InChI=1S/C7H6N4S/c1-2-4-7(5-3-1)12-11-9-6-8-10-11/h1-6H. The van der Waals surface area contributed by atoms with Crippen LogP contribution in [-0.2, 0) is 0 Å². The average Bonchev–Trinajstić information content (AvgIpc) is 2.59. The highest BCUT2D eigenvalue weighted by atomic mass is 32.2. The Balaban J connectivity index is 2.15. The van der Waals surface area contributed by atoms with E-state index < -0.39 is 0 Å². The van der Waals surface area contributed by atoms with Crippen molar-refractivity contribution in [1.82, 2.24) is 19.6 Å². The average molecular weight is 178 g/mol. The first-order chi connectivity index (χ1) is 5.95. The van der Waals surface area contributed by atoms with Crippen molar-refractivity contribution in [2.75, 3.05) is 0 Å². The van der Waals surface area contributed by atoms with E-state index in [1.807, 2.05) is 30.3 Å². The van der Waals surface area contributed by atoms with E-state index in [1.165, 1.54) is 22.5 Å². The Hall–Kier alpha value is -1.36. The van der Waals surface area contributed by atoms with Crippen LogP contribution in [-0.4, -0.2) is 19.6 Å². The zero-order valence-electron chi connectivity index (χ0n) is 6.16. The lowest BCUT2D eigenvalue weighted by molar-refractivity contribution is 0.816. The number of benzene rings is 1. The molecule has 0 fully saturated rings. The minimum atomic E-state index is 1.09. The van der Waals surface area contributed by atoms with Crippen molar-refractivity contribution in [3.05, 3.63) is 36.7 Å². The maximum absolute atomic E-state index is 3.87. The van der Waals surface area contributed by atoms with Crippen LogP contribution in [0.3, 0.4) is 0 Å². The number of tetrazole rings is 1. The van der Waals surface area contributed by atoms with Gasteiger partial charge in [0.15, 0.2) is 6.33 Å². The Bertz CT molecular complexity index is 332. The molecule has 0 bridgehead atoms. The molecule has 0 amide bonds. The van der Waals surface area contributed by atoms with Gasteiger partial charge in [0.05, 0.1) is 0 Å². The summed E-state index contributed by atoms with van der Waals surface area (Å²) in [5, 5.41) is 11.2. The van der Waals surface area contributed by atoms with Gasteiger partial charge in [-0.1, -0.05) is 22.4 Å². The number of nitrogens with zero attached hydrogens (tertiary/aromatic N) is 4. The quantitative estimate of drug-likeness (QED) is 0.693. The Morgan fingerprint density at radius 3 is 2.67 bits per heavy atom. The number of aromatic nitrogens is 4. The van der Waals surface area contributed by atoms with E-state index in [2.05, 4.69) is 15.4 Å². The molecule has 1 heterocycles. The SMILES string of the molecule is c1ccc(Sn2ncnn2)cc1. The van der Waals surface area contributed by atoms with Gasteiger partial charge in [-0.05, 0) is 17.3 Å². The van der Waals surface area contributed by atoms with E-state index in [0.717, 1.165) is 4.90 Å². The third-order valence-corrected chi connectivity index (χ3v) is 2.07. The monoisotopic (exact) mass is 178 g/mol. The number of hydrogen-bond acceptors (Lipinski definition) is 4. The molecular weight excluding hydrogens is 172 g/mol. The lowest BCUT2D eigenvalue weighted by atomic mass is 10.4. The second-order valence-corrected chi connectivity index (χ2v) is 3.07. The molecule has 0 aliphatic rings. The van der Waals surface area contributed by atoms with Crippen LogP contribution in [0, 0.1) is 0 Å². The minimum Gasteiger partial charge on any atom is -0.128 e. The molecule has 0 spiro atoms. The van der Waals surface area contributed by atoms with Crippen LogP contribution in [0.15, 0.2) is 41.6 Å². The molecule has 0 radical (unpaired) electrons. The lowest BCUT2D eigenvalue weighted by Gasteiger charge is -1.95. The summed E-state index contributed by atoms with van der Waals surface area (Å²) in [4.78, 5) is 1.09. The van der Waals surface area contributed by atoms with Gasteiger partial charge in [-0.3, -0.25) is 0 Å². The number of hydrogen-bond donors (Lipinski definition) is 0. The van der Waals surface area contributed by atoms with Gasteiger partial charge in [-0.15, -0.1) is 10.2 Å². The molecule has 1 aromatic carbocycles. The van der Waals surface area contributed by atoms with Gasteiger partial charge in [0.25, 0.3) is 0 Å². The minimum absolute atomic E-state index is 1.09. The van der Waals surface area contributed by atoms with Gasteiger partial charge in [-0.25, -0.2) is 0 Å². The molecule has 0 aliphatic carbocycles. The first-order valence-electron chi connectivity index (χ1n) is 3.41. The summed E-state index contributed by atoms with van der Waals surface area (Å²) in [7, 11) is 0. The van der Waals surface area contributed by atoms with Crippen LogP contribution in [0.2, 0.25) is 0 Å². The zero-order valence-corrected chi connectivity index (χ0v) is 6.98. The van der Waals surface area contributed by atoms with Gasteiger partial charge < -0.3 is 0 Å². The summed E-state index contributed by atoms with van der Waals surface area (Å²) >= 11 is 1.43. The van der Waals surface area contributed by atoms with E-state index in [-0.39, 0.29) is 0 Å². The van der Waals surface area contributed by atoms with Crippen LogP contribution in [0.1, 0.15) is 0 Å². The maximum atomic E-state index is 3.87. The molecule has 2 aromatic rings. The highest BCUT2D eigenvalue weighted by Crippen LogP contribution is 2.15. The van der Waals surface area contributed by atoms with E-state index in [4.69, 9.17) is 0 Å². The van der Waals surface area contributed by atoms with Crippen LogP contribution in [0.4, 0.5) is 0 Å². The molecule has 0 N–H and O–H groups in total. The first-order valence-corrected chi connectivity index (χ1v) is 4.19. The summed E-state index contributed by atoms with van der Waals surface area (Å²) in [5.41, 5.74) is 0. The third kappa shape index (κ3) is 1.62. The molecule has 2 rings (SSSR count). The number of rotatable bonds is 2. The molecule has 0 saturated carbocycles. The van der Waals surface area contributed by atoms with Crippen molar-refractivity contribution < 1.29 is 0 Å². The van der Waals surface area contributed by atoms with Crippen molar-refractivity contribution in [3.8, 4) is 0 Å². The van der Waals surface area contributed by atoms with Crippen LogP contribution in [0.5, 0.6) is 0 Å². The molecule has 0 unspecified atom stereocenters. The van der Waals surface area contributed by atoms with E-state index in [1.54, 1.807) is 0 Å². The van der Waals surface area contributed by atoms with Crippen molar-refractivity contribution in [2.45, 2.75) is 4.90 Å². The predicted octanol–water partition coefficient (Wildman–Crippen LogP) is 1.23. The highest BCUT2D eigenvalue weighted by Gasteiger charge is 1.95. The van der Waals surface area contributed by atoms with Gasteiger partial charge in [0.1, 0.15) is 0 Å². The molecule has 0 saturated heterocycles. The Morgan fingerprint density at radius 2 is 2.00 bits per heavy atom. The molecule has 60 valence electrons. The fourth-order valence-electron chi connectivity index (χ4n) is 0.775. The topological polar surface area (TPSA) is 43.6 Å². The summed E-state index contributed by atoms with van der Waals surface area (Å²) in [6.45, 7) is 0. The summed E-state index contributed by atoms with van der Waals surface area (Å²) in [5.74, 6) is 0. The van der Waals surface area contributed by atoms with Gasteiger partial charge in [-0.2, -0.15) is 0 Å². The Labute approximate surface area is 73.7 Å². The normalized spacial score (nSPS) is 10.0. The van der Waals surface area contributed by atoms with E-state index in [9.17, 15) is 0 Å².